The van der Waals surface area contributed by atoms with Crippen LogP contribution in [-0.4, -0.2) is 19.7 Å². The Morgan fingerprint density at radius 1 is 1.19 bits per heavy atom. The highest BCUT2D eigenvalue weighted by atomic mass is 32.2. The van der Waals surface area contributed by atoms with E-state index in [9.17, 15) is 21.6 Å². The number of pyridine rings is 1. The number of alkyl halides is 3. The Kier molecular flexibility index (Phi) is 3.66. The van der Waals surface area contributed by atoms with Crippen LogP contribution in [0.5, 0.6) is 0 Å². The number of nitrogen functional groups attached to an aromatic ring is 1. The number of anilines is 1. The SMILES string of the molecule is CS(=O)(=O)c1cccc(-c2ncc(N)cc2C(F)(F)F)c1. The van der Waals surface area contributed by atoms with E-state index in [1.54, 1.807) is 0 Å². The zero-order chi connectivity index (χ0) is 15.8. The Labute approximate surface area is 119 Å². The van der Waals surface area contributed by atoms with Gasteiger partial charge in [0.2, 0.25) is 0 Å². The minimum atomic E-state index is -4.64. The Bertz CT molecular complexity index is 786. The van der Waals surface area contributed by atoms with Crippen molar-refractivity contribution in [2.75, 3.05) is 12.0 Å². The van der Waals surface area contributed by atoms with Gasteiger partial charge < -0.3 is 5.73 Å². The van der Waals surface area contributed by atoms with E-state index in [1.165, 1.54) is 18.2 Å². The van der Waals surface area contributed by atoms with Crippen LogP contribution in [0.15, 0.2) is 41.4 Å². The van der Waals surface area contributed by atoms with Crippen molar-refractivity contribution in [1.29, 1.82) is 0 Å². The van der Waals surface area contributed by atoms with E-state index in [4.69, 9.17) is 5.73 Å². The molecule has 0 atom stereocenters. The Balaban J connectivity index is 2.68. The third-order valence-electron chi connectivity index (χ3n) is 2.75. The van der Waals surface area contributed by atoms with Crippen LogP contribution in [0, 0.1) is 0 Å². The van der Waals surface area contributed by atoms with Gasteiger partial charge >= 0.3 is 6.18 Å². The standard InChI is InChI=1S/C13H11F3N2O2S/c1-21(19,20)10-4-2-3-8(5-10)12-11(13(14,15)16)6-9(17)7-18-12/h2-7H,17H2,1H3. The lowest BCUT2D eigenvalue weighted by Gasteiger charge is -2.13. The molecule has 0 aliphatic rings. The first-order valence-electron chi connectivity index (χ1n) is 5.72. The summed E-state index contributed by atoms with van der Waals surface area (Å²) in [4.78, 5) is 3.62. The molecule has 0 radical (unpaired) electrons. The highest BCUT2D eigenvalue weighted by molar-refractivity contribution is 7.90. The van der Waals surface area contributed by atoms with Crippen molar-refractivity contribution in [2.45, 2.75) is 11.1 Å². The summed E-state index contributed by atoms with van der Waals surface area (Å²) in [6, 6.07) is 5.97. The molecule has 1 heterocycles. The average Bonchev–Trinajstić information content (AvgIpc) is 2.37. The normalized spacial score (nSPS) is 12.4. The monoisotopic (exact) mass is 316 g/mol. The van der Waals surface area contributed by atoms with Crippen LogP contribution in [0.2, 0.25) is 0 Å². The van der Waals surface area contributed by atoms with Gasteiger partial charge in [0.05, 0.1) is 28.0 Å². The molecule has 8 heteroatoms. The zero-order valence-corrected chi connectivity index (χ0v) is 11.7. The first kappa shape index (κ1) is 15.3. The molecule has 0 bridgehead atoms. The van der Waals surface area contributed by atoms with Crippen molar-refractivity contribution in [3.05, 3.63) is 42.1 Å². The minimum Gasteiger partial charge on any atom is -0.397 e. The molecule has 0 saturated heterocycles. The second-order valence-corrected chi connectivity index (χ2v) is 6.48. The van der Waals surface area contributed by atoms with Gasteiger partial charge in [-0.15, -0.1) is 0 Å². The molecule has 2 rings (SSSR count). The van der Waals surface area contributed by atoms with Gasteiger partial charge in [0.15, 0.2) is 9.84 Å². The third kappa shape index (κ3) is 3.33. The van der Waals surface area contributed by atoms with Crippen LogP contribution in [0.25, 0.3) is 11.3 Å². The van der Waals surface area contributed by atoms with Gasteiger partial charge in [-0.3, -0.25) is 4.98 Å². The fourth-order valence-electron chi connectivity index (χ4n) is 1.80. The Morgan fingerprint density at radius 3 is 2.43 bits per heavy atom. The summed E-state index contributed by atoms with van der Waals surface area (Å²) in [6.07, 6.45) is -2.57. The molecule has 0 spiro atoms. The maximum atomic E-state index is 13.0. The first-order valence-corrected chi connectivity index (χ1v) is 7.61. The number of benzene rings is 1. The van der Waals surface area contributed by atoms with Crippen LogP contribution in [0.3, 0.4) is 0 Å². The summed E-state index contributed by atoms with van der Waals surface area (Å²) in [5.74, 6) is 0. The second-order valence-electron chi connectivity index (χ2n) is 4.46. The molecule has 0 saturated carbocycles. The van der Waals surface area contributed by atoms with Gasteiger partial charge in [-0.2, -0.15) is 13.2 Å². The number of rotatable bonds is 2. The largest absolute Gasteiger partial charge is 0.418 e. The van der Waals surface area contributed by atoms with Crippen LogP contribution in [0.4, 0.5) is 18.9 Å². The Hall–Kier alpha value is -2.09. The zero-order valence-electron chi connectivity index (χ0n) is 10.8. The fourth-order valence-corrected chi connectivity index (χ4v) is 2.47. The molecule has 2 aromatic rings. The molecule has 112 valence electrons. The molecule has 1 aromatic heterocycles. The van der Waals surface area contributed by atoms with E-state index in [0.717, 1.165) is 24.6 Å². The molecule has 0 amide bonds. The number of sulfone groups is 1. The van der Waals surface area contributed by atoms with Crippen molar-refractivity contribution in [3.63, 3.8) is 0 Å². The molecular formula is C13H11F3N2O2S. The van der Waals surface area contributed by atoms with E-state index < -0.39 is 21.6 Å². The summed E-state index contributed by atoms with van der Waals surface area (Å²) < 4.78 is 62.1. The topological polar surface area (TPSA) is 73.0 Å². The van der Waals surface area contributed by atoms with Crippen LogP contribution >= 0.6 is 0 Å². The number of nitrogens with two attached hydrogens (primary N) is 1. The van der Waals surface area contributed by atoms with E-state index in [-0.39, 0.29) is 21.8 Å². The van der Waals surface area contributed by atoms with Gasteiger partial charge in [0, 0.05) is 11.8 Å². The van der Waals surface area contributed by atoms with E-state index in [0.29, 0.717) is 0 Å². The van der Waals surface area contributed by atoms with Crippen molar-refractivity contribution < 1.29 is 21.6 Å². The summed E-state index contributed by atoms with van der Waals surface area (Å²) in [5, 5.41) is 0. The Morgan fingerprint density at radius 2 is 1.86 bits per heavy atom. The molecule has 0 aliphatic heterocycles. The predicted octanol–water partition coefficient (Wildman–Crippen LogP) is 2.75. The number of nitrogens with zero attached hydrogens (tertiary/aromatic N) is 1. The molecule has 4 nitrogen and oxygen atoms in total. The van der Waals surface area contributed by atoms with Gasteiger partial charge in [-0.1, -0.05) is 12.1 Å². The minimum absolute atomic E-state index is 0.0604. The third-order valence-corrected chi connectivity index (χ3v) is 3.86. The van der Waals surface area contributed by atoms with Crippen LogP contribution in [0.1, 0.15) is 5.56 Å². The molecule has 1 aromatic carbocycles. The lowest BCUT2D eigenvalue weighted by Crippen LogP contribution is -2.09. The maximum Gasteiger partial charge on any atom is 0.418 e. The molecule has 0 unspecified atom stereocenters. The quantitative estimate of drug-likeness (QED) is 0.924. The van der Waals surface area contributed by atoms with Crippen molar-refractivity contribution >= 4 is 15.5 Å². The predicted molar refractivity (Wildman–Crippen MR) is 72.2 cm³/mol. The fraction of sp³-hybridized carbons (Fsp3) is 0.154. The summed E-state index contributed by atoms with van der Waals surface area (Å²) in [6.45, 7) is 0. The van der Waals surface area contributed by atoms with Gasteiger partial charge in [0.25, 0.3) is 0 Å². The highest BCUT2D eigenvalue weighted by Crippen LogP contribution is 2.37. The summed E-state index contributed by atoms with van der Waals surface area (Å²) in [5.41, 5.74) is 3.92. The number of hydrogen-bond donors (Lipinski definition) is 1. The van der Waals surface area contributed by atoms with Crippen LogP contribution in [-0.2, 0) is 16.0 Å². The molecule has 2 N–H and O–H groups in total. The molecule has 0 fully saturated rings. The molecule has 0 aliphatic carbocycles. The lowest BCUT2D eigenvalue weighted by molar-refractivity contribution is -0.137. The first-order chi connectivity index (χ1) is 9.59. The van der Waals surface area contributed by atoms with Crippen molar-refractivity contribution in [2.24, 2.45) is 0 Å². The van der Waals surface area contributed by atoms with Gasteiger partial charge in [-0.05, 0) is 18.2 Å². The van der Waals surface area contributed by atoms with E-state index in [1.807, 2.05) is 0 Å². The summed E-state index contributed by atoms with van der Waals surface area (Å²) >= 11 is 0. The van der Waals surface area contributed by atoms with Gasteiger partial charge in [-0.25, -0.2) is 8.42 Å². The lowest BCUT2D eigenvalue weighted by atomic mass is 10.1. The van der Waals surface area contributed by atoms with Gasteiger partial charge in [0.1, 0.15) is 0 Å². The maximum absolute atomic E-state index is 13.0. The highest BCUT2D eigenvalue weighted by Gasteiger charge is 2.35. The number of hydrogen-bond acceptors (Lipinski definition) is 4. The smallest absolute Gasteiger partial charge is 0.397 e. The molecular weight excluding hydrogens is 305 g/mol. The number of halogens is 3. The molecule has 21 heavy (non-hydrogen) atoms. The van der Waals surface area contributed by atoms with E-state index >= 15 is 0 Å². The van der Waals surface area contributed by atoms with Crippen molar-refractivity contribution in [3.8, 4) is 11.3 Å². The number of aromatic nitrogens is 1. The van der Waals surface area contributed by atoms with E-state index in [2.05, 4.69) is 4.98 Å². The van der Waals surface area contributed by atoms with Crippen LogP contribution < -0.4 is 5.73 Å². The average molecular weight is 316 g/mol. The second kappa shape index (κ2) is 5.03. The van der Waals surface area contributed by atoms with Crippen molar-refractivity contribution in [1.82, 2.24) is 4.98 Å². The summed E-state index contributed by atoms with van der Waals surface area (Å²) in [7, 11) is -3.52.